The van der Waals surface area contributed by atoms with E-state index in [1.807, 2.05) is 12.1 Å². The zero-order chi connectivity index (χ0) is 36.3. The smallest absolute Gasteiger partial charge is 0.164 e. The van der Waals surface area contributed by atoms with E-state index in [0.29, 0.717) is 17.5 Å². The molecule has 258 valence electrons. The summed E-state index contributed by atoms with van der Waals surface area (Å²) in [6, 6.07) is 59.9. The molecule has 0 bridgehead atoms. The fourth-order valence-electron chi connectivity index (χ4n) is 8.20. The van der Waals surface area contributed by atoms with Gasteiger partial charge in [0.1, 0.15) is 11.2 Å². The number of hydrogen-bond donors (Lipinski definition) is 0. The molecular weight excluding hydrogens is 671 g/mol. The van der Waals surface area contributed by atoms with Gasteiger partial charge in [0.2, 0.25) is 0 Å². The van der Waals surface area contributed by atoms with Gasteiger partial charge in [-0.2, -0.15) is 0 Å². The Hall–Kier alpha value is -7.17. The third-order valence-corrected chi connectivity index (χ3v) is 11.0. The van der Waals surface area contributed by atoms with Crippen LogP contribution in [0.2, 0.25) is 0 Å². The van der Waals surface area contributed by atoms with Crippen molar-refractivity contribution in [1.29, 1.82) is 0 Å². The molecule has 2 aromatic heterocycles. The number of nitrogens with zero attached hydrogens (tertiary/aromatic N) is 3. The molecule has 0 fully saturated rings. The van der Waals surface area contributed by atoms with Gasteiger partial charge in [0.05, 0.1) is 0 Å². The predicted octanol–water partition coefficient (Wildman–Crippen LogP) is 13.1. The van der Waals surface area contributed by atoms with Gasteiger partial charge in [0.25, 0.3) is 0 Å². The fraction of sp³-hybridized carbons (Fsp3) is 0.0392. The molecular formula is C51H33N3O. The molecule has 0 spiro atoms. The first-order valence-corrected chi connectivity index (χ1v) is 18.8. The highest BCUT2D eigenvalue weighted by atomic mass is 16.3. The average molecular weight is 704 g/mol. The Labute approximate surface area is 318 Å². The number of furan rings is 1. The molecule has 10 aromatic rings. The van der Waals surface area contributed by atoms with Crippen molar-refractivity contribution in [3.8, 4) is 45.3 Å². The maximum Gasteiger partial charge on any atom is 0.164 e. The molecule has 0 N–H and O–H groups in total. The van der Waals surface area contributed by atoms with Gasteiger partial charge in [0.15, 0.2) is 17.5 Å². The van der Waals surface area contributed by atoms with Gasteiger partial charge >= 0.3 is 0 Å². The molecule has 0 aliphatic heterocycles. The van der Waals surface area contributed by atoms with Gasteiger partial charge in [-0.25, -0.2) is 15.0 Å². The van der Waals surface area contributed by atoms with Crippen LogP contribution in [0.15, 0.2) is 180 Å². The Morgan fingerprint density at radius 2 is 0.982 bits per heavy atom. The number of rotatable bonds is 5. The predicted molar refractivity (Wildman–Crippen MR) is 226 cm³/mol. The monoisotopic (exact) mass is 703 g/mol. The summed E-state index contributed by atoms with van der Waals surface area (Å²) in [5.41, 5.74) is 11.9. The lowest BCUT2D eigenvalue weighted by Crippen LogP contribution is -2.02. The van der Waals surface area contributed by atoms with Gasteiger partial charge < -0.3 is 4.42 Å². The largest absolute Gasteiger partial charge is 0.456 e. The highest BCUT2D eigenvalue weighted by molar-refractivity contribution is 6.13. The third kappa shape index (κ3) is 5.50. The minimum Gasteiger partial charge on any atom is -0.456 e. The molecule has 11 rings (SSSR count). The maximum atomic E-state index is 6.47. The van der Waals surface area contributed by atoms with Crippen LogP contribution in [-0.2, 0) is 6.42 Å². The number of fused-ring (bicyclic) bond motifs is 6. The van der Waals surface area contributed by atoms with Gasteiger partial charge in [-0.15, -0.1) is 0 Å². The molecule has 8 aromatic carbocycles. The van der Waals surface area contributed by atoms with Crippen molar-refractivity contribution in [3.05, 3.63) is 193 Å². The van der Waals surface area contributed by atoms with Crippen molar-refractivity contribution in [1.82, 2.24) is 15.0 Å². The minimum atomic E-state index is 0.602. The zero-order valence-corrected chi connectivity index (χ0v) is 29.9. The standard InChI is InChI=1S/C51H33N3O/c1-3-12-37-29-39(25-19-32(37)9-1)40-27-28-46-45(31-40)48-44(17-8-18-47(48)55-46)51-53-49(52-50(54-51)41-26-20-33-10-2-4-13-38(33)30-41)36-23-21-35(22-24-36)43-16-7-14-34-11-5-6-15-42(34)43/h1-6,8-13,15-31H,7,14H2. The average Bonchev–Trinajstić information content (AvgIpc) is 3.64. The van der Waals surface area contributed by atoms with Crippen molar-refractivity contribution in [2.24, 2.45) is 0 Å². The molecule has 0 unspecified atom stereocenters. The molecule has 4 heteroatoms. The van der Waals surface area contributed by atoms with E-state index in [2.05, 4.69) is 164 Å². The van der Waals surface area contributed by atoms with Crippen molar-refractivity contribution >= 4 is 49.1 Å². The Bertz CT molecular complexity index is 3150. The lowest BCUT2D eigenvalue weighted by atomic mass is 9.87. The Morgan fingerprint density at radius 3 is 1.78 bits per heavy atom. The van der Waals surface area contributed by atoms with E-state index in [1.54, 1.807) is 0 Å². The van der Waals surface area contributed by atoms with Crippen LogP contribution >= 0.6 is 0 Å². The Morgan fingerprint density at radius 1 is 0.400 bits per heavy atom. The van der Waals surface area contributed by atoms with Crippen molar-refractivity contribution in [2.45, 2.75) is 12.8 Å². The number of allylic oxidation sites excluding steroid dienone is 1. The van der Waals surface area contributed by atoms with Crippen LogP contribution in [0.25, 0.3) is 94.3 Å². The number of benzene rings is 8. The normalized spacial score (nSPS) is 12.7. The maximum absolute atomic E-state index is 6.47. The van der Waals surface area contributed by atoms with Crippen LogP contribution in [0.5, 0.6) is 0 Å². The zero-order valence-electron chi connectivity index (χ0n) is 29.9. The molecule has 1 aliphatic carbocycles. The van der Waals surface area contributed by atoms with Crippen LogP contribution in [0.1, 0.15) is 23.1 Å². The van der Waals surface area contributed by atoms with E-state index in [9.17, 15) is 0 Å². The quantitative estimate of drug-likeness (QED) is 0.179. The summed E-state index contributed by atoms with van der Waals surface area (Å²) in [5.74, 6) is 1.85. The molecule has 0 radical (unpaired) electrons. The van der Waals surface area contributed by atoms with Crippen molar-refractivity contribution in [2.75, 3.05) is 0 Å². The molecule has 4 nitrogen and oxygen atoms in total. The highest BCUT2D eigenvalue weighted by Gasteiger charge is 2.20. The van der Waals surface area contributed by atoms with Crippen LogP contribution in [0.3, 0.4) is 0 Å². The second-order valence-electron chi connectivity index (χ2n) is 14.3. The molecule has 55 heavy (non-hydrogen) atoms. The van der Waals surface area contributed by atoms with Gasteiger partial charge in [-0.1, -0.05) is 146 Å². The van der Waals surface area contributed by atoms with Crippen LogP contribution in [0, 0.1) is 0 Å². The highest BCUT2D eigenvalue weighted by Crippen LogP contribution is 2.39. The van der Waals surface area contributed by atoms with Crippen LogP contribution in [0.4, 0.5) is 0 Å². The van der Waals surface area contributed by atoms with E-state index < -0.39 is 0 Å². The SMILES string of the molecule is C1=C(c2ccc(-c3nc(-c4ccc5ccccc5c4)nc(-c4cccc5oc6ccc(-c7ccc8ccccc8c7)cc6c45)n3)cc2)c2ccccc2CC1. The van der Waals surface area contributed by atoms with E-state index in [1.165, 1.54) is 38.4 Å². The molecule has 0 amide bonds. The third-order valence-electron chi connectivity index (χ3n) is 11.0. The summed E-state index contributed by atoms with van der Waals surface area (Å²) >= 11 is 0. The first-order valence-electron chi connectivity index (χ1n) is 18.8. The number of hydrogen-bond acceptors (Lipinski definition) is 4. The number of aryl methyl sites for hydroxylation is 1. The first kappa shape index (κ1) is 31.4. The summed E-state index contributed by atoms with van der Waals surface area (Å²) in [6.45, 7) is 0. The molecule has 0 atom stereocenters. The lowest BCUT2D eigenvalue weighted by molar-refractivity contribution is 0.669. The summed E-state index contributed by atoms with van der Waals surface area (Å²) in [7, 11) is 0. The van der Waals surface area contributed by atoms with E-state index in [-0.39, 0.29) is 0 Å². The minimum absolute atomic E-state index is 0.602. The van der Waals surface area contributed by atoms with Crippen LogP contribution in [-0.4, -0.2) is 15.0 Å². The Balaban J connectivity index is 1.07. The second kappa shape index (κ2) is 12.8. The van der Waals surface area contributed by atoms with Gasteiger partial charge in [-0.05, 0) is 98.1 Å². The van der Waals surface area contributed by atoms with Crippen molar-refractivity contribution < 1.29 is 4.42 Å². The molecule has 0 saturated heterocycles. The summed E-state index contributed by atoms with van der Waals surface area (Å²) in [5, 5.41) is 6.76. The summed E-state index contributed by atoms with van der Waals surface area (Å²) in [6.07, 6.45) is 4.47. The molecule has 1 aliphatic rings. The molecule has 2 heterocycles. The van der Waals surface area contributed by atoms with E-state index in [4.69, 9.17) is 19.4 Å². The Kier molecular flexibility index (Phi) is 7.27. The number of aromatic nitrogens is 3. The summed E-state index contributed by atoms with van der Waals surface area (Å²) < 4.78 is 6.47. The summed E-state index contributed by atoms with van der Waals surface area (Å²) in [4.78, 5) is 15.5. The van der Waals surface area contributed by atoms with E-state index in [0.717, 1.165) is 68.0 Å². The van der Waals surface area contributed by atoms with E-state index >= 15 is 0 Å². The van der Waals surface area contributed by atoms with Crippen molar-refractivity contribution in [3.63, 3.8) is 0 Å². The second-order valence-corrected chi connectivity index (χ2v) is 14.3. The van der Waals surface area contributed by atoms with Gasteiger partial charge in [-0.3, -0.25) is 0 Å². The van der Waals surface area contributed by atoms with Gasteiger partial charge in [0, 0.05) is 27.5 Å². The topological polar surface area (TPSA) is 51.8 Å². The first-order chi connectivity index (χ1) is 27.2. The van der Waals surface area contributed by atoms with Crippen LogP contribution < -0.4 is 0 Å². The lowest BCUT2D eigenvalue weighted by Gasteiger charge is -2.18. The fourth-order valence-corrected chi connectivity index (χ4v) is 8.20. The molecule has 0 saturated carbocycles.